The molecule has 2 rings (SSSR count). The van der Waals surface area contributed by atoms with E-state index < -0.39 is 0 Å². The fourth-order valence-corrected chi connectivity index (χ4v) is 2.93. The van der Waals surface area contributed by atoms with Crippen LogP contribution in [-0.4, -0.2) is 0 Å². The maximum atomic E-state index is 9.36. The molecule has 0 aliphatic rings. The van der Waals surface area contributed by atoms with Crippen molar-refractivity contribution in [3.63, 3.8) is 0 Å². The molecular formula is C17H15Cl2N. The zero-order valence-electron chi connectivity index (χ0n) is 11.0. The van der Waals surface area contributed by atoms with Gasteiger partial charge in [0.25, 0.3) is 0 Å². The molecule has 20 heavy (non-hydrogen) atoms. The minimum atomic E-state index is -0.250. The minimum absolute atomic E-state index is 0.250. The number of nitrogens with zero attached hydrogens (tertiary/aromatic N) is 1. The Morgan fingerprint density at radius 3 is 2.20 bits per heavy atom. The highest BCUT2D eigenvalue weighted by Crippen LogP contribution is 2.33. The fraction of sp³-hybridized carbons (Fsp3) is 0.235. The van der Waals surface area contributed by atoms with Crippen molar-refractivity contribution in [2.75, 3.05) is 0 Å². The lowest BCUT2D eigenvalue weighted by atomic mass is 9.93. The zero-order chi connectivity index (χ0) is 14.4. The number of nitriles is 1. The van der Waals surface area contributed by atoms with E-state index in [1.165, 1.54) is 5.56 Å². The lowest BCUT2D eigenvalue weighted by Gasteiger charge is -2.13. The first kappa shape index (κ1) is 14.9. The zero-order valence-corrected chi connectivity index (χ0v) is 12.5. The van der Waals surface area contributed by atoms with Crippen molar-refractivity contribution in [1.29, 1.82) is 5.26 Å². The molecule has 0 aliphatic heterocycles. The summed E-state index contributed by atoms with van der Waals surface area (Å²) < 4.78 is 0. The van der Waals surface area contributed by atoms with Crippen molar-refractivity contribution in [2.45, 2.75) is 25.2 Å². The summed E-state index contributed by atoms with van der Waals surface area (Å²) in [5.41, 5.74) is 2.04. The topological polar surface area (TPSA) is 23.8 Å². The van der Waals surface area contributed by atoms with Gasteiger partial charge in [0, 0.05) is 15.6 Å². The number of hydrogen-bond donors (Lipinski definition) is 0. The van der Waals surface area contributed by atoms with Crippen LogP contribution < -0.4 is 0 Å². The number of halogens is 2. The van der Waals surface area contributed by atoms with Gasteiger partial charge in [0.1, 0.15) is 0 Å². The van der Waals surface area contributed by atoms with Gasteiger partial charge in [-0.3, -0.25) is 0 Å². The number of benzene rings is 2. The summed E-state index contributed by atoms with van der Waals surface area (Å²) in [7, 11) is 0. The van der Waals surface area contributed by atoms with Gasteiger partial charge in [-0.05, 0) is 37.0 Å². The number of rotatable bonds is 5. The monoisotopic (exact) mass is 303 g/mol. The Bertz CT molecular complexity index is 582. The first-order valence-electron chi connectivity index (χ1n) is 6.60. The number of aryl methyl sites for hydroxylation is 1. The number of hydrogen-bond acceptors (Lipinski definition) is 1. The van der Waals surface area contributed by atoms with Gasteiger partial charge in [0.2, 0.25) is 0 Å². The van der Waals surface area contributed by atoms with Gasteiger partial charge in [-0.1, -0.05) is 59.6 Å². The minimum Gasteiger partial charge on any atom is -0.198 e. The molecule has 0 saturated heterocycles. The van der Waals surface area contributed by atoms with E-state index in [4.69, 9.17) is 23.2 Å². The molecule has 102 valence electrons. The standard InChI is InChI=1S/C17H15Cl2N/c18-15-10-5-11-16(19)17(15)14(12-20)9-4-8-13-6-2-1-3-7-13/h1-3,5-7,10-11,14H,4,8-9H2. The lowest BCUT2D eigenvalue weighted by Crippen LogP contribution is -1.99. The Kier molecular flexibility index (Phi) is 5.47. The van der Waals surface area contributed by atoms with Crippen molar-refractivity contribution in [2.24, 2.45) is 0 Å². The van der Waals surface area contributed by atoms with E-state index >= 15 is 0 Å². The second kappa shape index (κ2) is 7.33. The van der Waals surface area contributed by atoms with Crippen LogP contribution in [0.3, 0.4) is 0 Å². The van der Waals surface area contributed by atoms with Crippen LogP contribution in [0.1, 0.15) is 29.9 Å². The van der Waals surface area contributed by atoms with Gasteiger partial charge in [-0.25, -0.2) is 0 Å². The molecule has 0 aliphatic carbocycles. The third-order valence-corrected chi connectivity index (χ3v) is 3.96. The summed E-state index contributed by atoms with van der Waals surface area (Å²) in [6, 6.07) is 17.9. The Morgan fingerprint density at radius 2 is 1.60 bits per heavy atom. The van der Waals surface area contributed by atoms with Crippen LogP contribution in [0.15, 0.2) is 48.5 Å². The lowest BCUT2D eigenvalue weighted by molar-refractivity contribution is 0.684. The Labute approximate surface area is 129 Å². The highest BCUT2D eigenvalue weighted by Gasteiger charge is 2.17. The highest BCUT2D eigenvalue weighted by atomic mass is 35.5. The average Bonchev–Trinajstić information content (AvgIpc) is 2.46. The summed E-state index contributed by atoms with van der Waals surface area (Å²) in [6.07, 6.45) is 2.65. The molecule has 2 aromatic carbocycles. The quantitative estimate of drug-likeness (QED) is 0.703. The smallest absolute Gasteiger partial charge is 0.0742 e. The molecule has 0 fully saturated rings. The molecule has 0 aromatic heterocycles. The van der Waals surface area contributed by atoms with E-state index in [1.807, 2.05) is 18.2 Å². The maximum absolute atomic E-state index is 9.36. The predicted molar refractivity (Wildman–Crippen MR) is 84.2 cm³/mol. The molecular weight excluding hydrogens is 289 g/mol. The van der Waals surface area contributed by atoms with Gasteiger partial charge in [-0.2, -0.15) is 5.26 Å². The van der Waals surface area contributed by atoms with Crippen LogP contribution in [0.25, 0.3) is 0 Å². The first-order chi connectivity index (χ1) is 9.72. The largest absolute Gasteiger partial charge is 0.198 e. The average molecular weight is 304 g/mol. The van der Waals surface area contributed by atoms with Gasteiger partial charge in [-0.15, -0.1) is 0 Å². The maximum Gasteiger partial charge on any atom is 0.0742 e. The first-order valence-corrected chi connectivity index (χ1v) is 7.35. The summed E-state index contributed by atoms with van der Waals surface area (Å²) in [5.74, 6) is -0.250. The van der Waals surface area contributed by atoms with E-state index in [0.717, 1.165) is 24.8 Å². The molecule has 0 amide bonds. The SMILES string of the molecule is N#CC(CCCc1ccccc1)c1c(Cl)cccc1Cl. The summed E-state index contributed by atoms with van der Waals surface area (Å²) in [6.45, 7) is 0. The molecule has 2 aromatic rings. The van der Waals surface area contributed by atoms with Crippen molar-refractivity contribution in [3.8, 4) is 6.07 Å². The Balaban J connectivity index is 2.02. The molecule has 1 unspecified atom stereocenters. The fourth-order valence-electron chi connectivity index (χ4n) is 2.27. The molecule has 0 radical (unpaired) electrons. The van der Waals surface area contributed by atoms with Crippen molar-refractivity contribution in [1.82, 2.24) is 0 Å². The van der Waals surface area contributed by atoms with E-state index in [9.17, 15) is 5.26 Å². The predicted octanol–water partition coefficient (Wildman–Crippen LogP) is 5.62. The third-order valence-electron chi connectivity index (χ3n) is 3.31. The van der Waals surface area contributed by atoms with Gasteiger partial charge >= 0.3 is 0 Å². The van der Waals surface area contributed by atoms with Crippen LogP contribution >= 0.6 is 23.2 Å². The summed E-state index contributed by atoms with van der Waals surface area (Å²) in [5, 5.41) is 10.5. The van der Waals surface area contributed by atoms with Crippen LogP contribution in [0.2, 0.25) is 10.0 Å². The molecule has 0 N–H and O–H groups in total. The molecule has 1 nitrogen and oxygen atoms in total. The van der Waals surface area contributed by atoms with Gasteiger partial charge < -0.3 is 0 Å². The van der Waals surface area contributed by atoms with Gasteiger partial charge in [0.05, 0.1) is 12.0 Å². The van der Waals surface area contributed by atoms with Crippen LogP contribution in [-0.2, 0) is 6.42 Å². The van der Waals surface area contributed by atoms with Crippen LogP contribution in [0, 0.1) is 11.3 Å². The Morgan fingerprint density at radius 1 is 0.950 bits per heavy atom. The third kappa shape index (κ3) is 3.76. The van der Waals surface area contributed by atoms with Crippen LogP contribution in [0.5, 0.6) is 0 Å². The molecule has 1 atom stereocenters. The summed E-state index contributed by atoms with van der Waals surface area (Å²) in [4.78, 5) is 0. The molecule has 0 spiro atoms. The van der Waals surface area contributed by atoms with E-state index in [2.05, 4.69) is 18.2 Å². The van der Waals surface area contributed by atoms with E-state index in [1.54, 1.807) is 18.2 Å². The molecule has 0 saturated carbocycles. The van der Waals surface area contributed by atoms with Gasteiger partial charge in [0.15, 0.2) is 0 Å². The van der Waals surface area contributed by atoms with Crippen molar-refractivity contribution in [3.05, 3.63) is 69.7 Å². The van der Waals surface area contributed by atoms with Crippen molar-refractivity contribution < 1.29 is 0 Å². The highest BCUT2D eigenvalue weighted by molar-refractivity contribution is 6.36. The van der Waals surface area contributed by atoms with Crippen molar-refractivity contribution >= 4 is 23.2 Å². The second-order valence-electron chi connectivity index (χ2n) is 4.69. The molecule has 0 bridgehead atoms. The molecule has 3 heteroatoms. The normalized spacial score (nSPS) is 11.8. The molecule has 0 heterocycles. The second-order valence-corrected chi connectivity index (χ2v) is 5.51. The van der Waals surface area contributed by atoms with E-state index in [0.29, 0.717) is 10.0 Å². The summed E-state index contributed by atoms with van der Waals surface area (Å²) >= 11 is 12.3. The van der Waals surface area contributed by atoms with E-state index in [-0.39, 0.29) is 5.92 Å². The van der Waals surface area contributed by atoms with Crippen LogP contribution in [0.4, 0.5) is 0 Å². The Hall–Kier alpha value is -1.49.